The zero-order valence-electron chi connectivity index (χ0n) is 19.3. The summed E-state index contributed by atoms with van der Waals surface area (Å²) in [7, 11) is 0. The first-order chi connectivity index (χ1) is 15.1. The second kappa shape index (κ2) is 11.6. The lowest BCUT2D eigenvalue weighted by Crippen LogP contribution is -2.54. The number of carbonyl (C=O) groups is 1. The Bertz CT molecular complexity index is 823. The third-order valence-electron chi connectivity index (χ3n) is 6.49. The van der Waals surface area contributed by atoms with Crippen LogP contribution in [0.15, 0.2) is 42.5 Å². The topological polar surface area (TPSA) is 64.8 Å². The van der Waals surface area contributed by atoms with Gasteiger partial charge >= 0.3 is 0 Å². The fourth-order valence-electron chi connectivity index (χ4n) is 4.72. The summed E-state index contributed by atoms with van der Waals surface area (Å²) in [4.78, 5) is 15.6. The first-order valence-corrected chi connectivity index (χ1v) is 11.8. The molecule has 1 amide bonds. The van der Waals surface area contributed by atoms with Crippen molar-refractivity contribution in [2.24, 2.45) is 11.7 Å². The molecule has 1 fully saturated rings. The third kappa shape index (κ3) is 5.85. The summed E-state index contributed by atoms with van der Waals surface area (Å²) in [6, 6.07) is 13.8. The highest BCUT2D eigenvalue weighted by Gasteiger charge is 2.35. The normalized spacial score (nSPS) is 17.1. The fourth-order valence-corrected chi connectivity index (χ4v) is 4.72. The molecule has 1 saturated carbocycles. The highest BCUT2D eigenvalue weighted by atomic mass is 16.7. The van der Waals surface area contributed by atoms with Crippen molar-refractivity contribution in [2.75, 3.05) is 13.2 Å². The van der Waals surface area contributed by atoms with Crippen LogP contribution in [0.1, 0.15) is 58.4 Å². The molecule has 0 aliphatic heterocycles. The summed E-state index contributed by atoms with van der Waals surface area (Å²) in [5.74, 6) is 0.248. The largest absolute Gasteiger partial charge is 0.351 e. The summed E-state index contributed by atoms with van der Waals surface area (Å²) >= 11 is 0. The van der Waals surface area contributed by atoms with E-state index in [9.17, 15) is 4.79 Å². The Morgan fingerprint density at radius 3 is 2.35 bits per heavy atom. The van der Waals surface area contributed by atoms with E-state index in [2.05, 4.69) is 30.3 Å². The molecule has 2 atom stereocenters. The highest BCUT2D eigenvalue weighted by molar-refractivity contribution is 5.87. The third-order valence-corrected chi connectivity index (χ3v) is 6.49. The smallest absolute Gasteiger partial charge is 0.240 e. The van der Waals surface area contributed by atoms with Crippen LogP contribution < -0.4 is 5.73 Å². The summed E-state index contributed by atoms with van der Waals surface area (Å²) in [5, 5.41) is 2.33. The van der Waals surface area contributed by atoms with Gasteiger partial charge in [-0.15, -0.1) is 0 Å². The van der Waals surface area contributed by atoms with Crippen molar-refractivity contribution in [1.29, 1.82) is 0 Å². The van der Waals surface area contributed by atoms with E-state index < -0.39 is 12.3 Å². The van der Waals surface area contributed by atoms with Crippen molar-refractivity contribution in [3.05, 3.63) is 48.0 Å². The molecule has 5 heteroatoms. The number of hydrogen-bond acceptors (Lipinski definition) is 4. The lowest BCUT2D eigenvalue weighted by atomic mass is 9.83. The maximum atomic E-state index is 13.7. The second-order valence-corrected chi connectivity index (χ2v) is 8.55. The van der Waals surface area contributed by atoms with Crippen molar-refractivity contribution in [3.63, 3.8) is 0 Å². The molecule has 2 aromatic carbocycles. The van der Waals surface area contributed by atoms with Gasteiger partial charge in [0, 0.05) is 19.8 Å². The van der Waals surface area contributed by atoms with Crippen LogP contribution in [0, 0.1) is 5.92 Å². The number of ether oxygens (including phenoxy) is 2. The molecule has 0 heterocycles. The lowest BCUT2D eigenvalue weighted by Gasteiger charge is -2.38. The Labute approximate surface area is 186 Å². The lowest BCUT2D eigenvalue weighted by molar-refractivity contribution is -0.180. The molecular weight excluding hydrogens is 388 g/mol. The predicted molar refractivity (Wildman–Crippen MR) is 126 cm³/mol. The standard InChI is InChI=1S/C26H38N2O3/c1-4-30-26(31-5-2)19(3)28(25(29)24(27)21-13-7-6-8-14-21)18-22-16-11-15-20-12-9-10-17-23(20)22/h9-12,15-17,19,21,24,26H,4-8,13-14,18,27H2,1-3H3. The molecular formula is C26H38N2O3. The number of fused-ring (bicyclic) bond motifs is 1. The molecule has 170 valence electrons. The Balaban J connectivity index is 1.91. The zero-order valence-corrected chi connectivity index (χ0v) is 19.3. The van der Waals surface area contributed by atoms with Gasteiger partial charge in [-0.3, -0.25) is 4.79 Å². The maximum absolute atomic E-state index is 13.7. The summed E-state index contributed by atoms with van der Waals surface area (Å²) in [6.07, 6.45) is 5.14. The van der Waals surface area contributed by atoms with E-state index >= 15 is 0 Å². The quantitative estimate of drug-likeness (QED) is 0.551. The van der Waals surface area contributed by atoms with E-state index in [0.29, 0.717) is 19.8 Å². The van der Waals surface area contributed by atoms with Gasteiger partial charge in [0.15, 0.2) is 6.29 Å². The molecule has 1 aliphatic rings. The van der Waals surface area contributed by atoms with Crippen molar-refractivity contribution < 1.29 is 14.3 Å². The molecule has 2 aromatic rings. The predicted octanol–water partition coefficient (Wildman–Crippen LogP) is 4.86. The number of rotatable bonds is 10. The van der Waals surface area contributed by atoms with E-state index in [1.807, 2.05) is 37.8 Å². The monoisotopic (exact) mass is 426 g/mol. The van der Waals surface area contributed by atoms with Crippen molar-refractivity contribution >= 4 is 16.7 Å². The van der Waals surface area contributed by atoms with Crippen LogP contribution in [-0.2, 0) is 20.8 Å². The number of nitrogens with zero attached hydrogens (tertiary/aromatic N) is 1. The number of amides is 1. The van der Waals surface area contributed by atoms with E-state index in [-0.39, 0.29) is 17.9 Å². The Morgan fingerprint density at radius 2 is 1.68 bits per heavy atom. The first-order valence-electron chi connectivity index (χ1n) is 11.8. The van der Waals surface area contributed by atoms with E-state index in [1.54, 1.807) is 0 Å². The Hall–Kier alpha value is -1.95. The number of carbonyl (C=O) groups excluding carboxylic acids is 1. The molecule has 0 radical (unpaired) electrons. The summed E-state index contributed by atoms with van der Waals surface area (Å²) in [5.41, 5.74) is 7.68. The molecule has 0 spiro atoms. The van der Waals surface area contributed by atoms with Crippen LogP contribution in [0.5, 0.6) is 0 Å². The maximum Gasteiger partial charge on any atom is 0.240 e. The van der Waals surface area contributed by atoms with Crippen LogP contribution in [0.4, 0.5) is 0 Å². The minimum Gasteiger partial charge on any atom is -0.351 e. The van der Waals surface area contributed by atoms with Gasteiger partial charge in [-0.25, -0.2) is 0 Å². The van der Waals surface area contributed by atoms with E-state index in [1.165, 1.54) is 11.8 Å². The van der Waals surface area contributed by atoms with Gasteiger partial charge < -0.3 is 20.1 Å². The van der Waals surface area contributed by atoms with Crippen LogP contribution >= 0.6 is 0 Å². The van der Waals surface area contributed by atoms with Crippen LogP contribution in [0.2, 0.25) is 0 Å². The van der Waals surface area contributed by atoms with Crippen molar-refractivity contribution in [1.82, 2.24) is 4.90 Å². The van der Waals surface area contributed by atoms with Crippen molar-refractivity contribution in [2.45, 2.75) is 77.8 Å². The van der Waals surface area contributed by atoms with Gasteiger partial charge in [-0.1, -0.05) is 61.7 Å². The molecule has 3 rings (SSSR count). The molecule has 5 nitrogen and oxygen atoms in total. The van der Waals surface area contributed by atoms with Gasteiger partial charge in [-0.05, 0) is 55.9 Å². The number of benzene rings is 2. The van der Waals surface area contributed by atoms with Crippen LogP contribution in [-0.4, -0.2) is 42.4 Å². The first kappa shape index (κ1) is 23.7. The minimum absolute atomic E-state index is 0.00302. The minimum atomic E-state index is -0.485. The fraction of sp³-hybridized carbons (Fsp3) is 0.577. The van der Waals surface area contributed by atoms with E-state index in [4.69, 9.17) is 15.2 Å². The van der Waals surface area contributed by atoms with Gasteiger partial charge in [0.2, 0.25) is 5.91 Å². The Kier molecular flexibility index (Phi) is 8.88. The molecule has 0 bridgehead atoms. The van der Waals surface area contributed by atoms with Gasteiger partial charge in [-0.2, -0.15) is 0 Å². The number of nitrogens with two attached hydrogens (primary N) is 1. The summed E-state index contributed by atoms with van der Waals surface area (Å²) in [6.45, 7) is 7.44. The second-order valence-electron chi connectivity index (χ2n) is 8.55. The van der Waals surface area contributed by atoms with Crippen LogP contribution in [0.25, 0.3) is 10.8 Å². The molecule has 0 saturated heterocycles. The highest BCUT2D eigenvalue weighted by Crippen LogP contribution is 2.28. The number of hydrogen-bond donors (Lipinski definition) is 1. The summed E-state index contributed by atoms with van der Waals surface area (Å²) < 4.78 is 11.7. The molecule has 0 aromatic heterocycles. The molecule has 2 N–H and O–H groups in total. The molecule has 1 aliphatic carbocycles. The zero-order chi connectivity index (χ0) is 22.2. The van der Waals surface area contributed by atoms with E-state index in [0.717, 1.165) is 36.6 Å². The van der Waals surface area contributed by atoms with Crippen molar-refractivity contribution in [3.8, 4) is 0 Å². The van der Waals surface area contributed by atoms with Gasteiger partial charge in [0.05, 0.1) is 12.1 Å². The van der Waals surface area contributed by atoms with Crippen LogP contribution in [0.3, 0.4) is 0 Å². The average molecular weight is 427 g/mol. The molecule has 2 unspecified atom stereocenters. The average Bonchev–Trinajstić information content (AvgIpc) is 2.81. The Morgan fingerprint density at radius 1 is 1.03 bits per heavy atom. The van der Waals surface area contributed by atoms with Gasteiger partial charge in [0.1, 0.15) is 0 Å². The van der Waals surface area contributed by atoms with Gasteiger partial charge in [0.25, 0.3) is 0 Å². The SMILES string of the molecule is CCOC(OCC)C(C)N(Cc1cccc2ccccc12)C(=O)C(N)C1CCCCC1. The molecule has 31 heavy (non-hydrogen) atoms.